The first-order chi connectivity index (χ1) is 12.7. The van der Waals surface area contributed by atoms with E-state index in [1.165, 1.54) is 10.5 Å². The summed E-state index contributed by atoms with van der Waals surface area (Å²) < 4.78 is 0. The standard InChI is InChI=1S/C22H20N2OS/c1-17-6-5-7-19(14-17)15-23-24-22(25)20-12-10-18(11-13-20)16-26-21-8-3-2-4-9-21/h2-15H,16H2,1H3,(H,24,25)/b23-15-. The van der Waals surface area contributed by atoms with E-state index >= 15 is 0 Å². The Balaban J connectivity index is 1.53. The van der Waals surface area contributed by atoms with Crippen molar-refractivity contribution in [3.05, 3.63) is 101 Å². The molecule has 0 atom stereocenters. The number of rotatable bonds is 6. The number of thioether (sulfide) groups is 1. The highest BCUT2D eigenvalue weighted by Crippen LogP contribution is 2.22. The minimum atomic E-state index is -0.212. The van der Waals surface area contributed by atoms with E-state index in [9.17, 15) is 4.79 Å². The quantitative estimate of drug-likeness (QED) is 0.380. The summed E-state index contributed by atoms with van der Waals surface area (Å²) in [5, 5.41) is 4.03. The molecule has 4 heteroatoms. The van der Waals surface area contributed by atoms with Crippen LogP contribution in [0.4, 0.5) is 0 Å². The molecule has 0 aliphatic heterocycles. The van der Waals surface area contributed by atoms with Crippen LogP contribution in [0.2, 0.25) is 0 Å². The zero-order valence-corrected chi connectivity index (χ0v) is 15.4. The Bertz CT molecular complexity index is 890. The van der Waals surface area contributed by atoms with Gasteiger partial charge in [0.25, 0.3) is 5.91 Å². The highest BCUT2D eigenvalue weighted by atomic mass is 32.2. The molecule has 3 aromatic carbocycles. The van der Waals surface area contributed by atoms with Gasteiger partial charge in [-0.15, -0.1) is 11.8 Å². The van der Waals surface area contributed by atoms with Crippen LogP contribution in [0.1, 0.15) is 27.0 Å². The van der Waals surface area contributed by atoms with Crippen LogP contribution < -0.4 is 5.43 Å². The van der Waals surface area contributed by atoms with E-state index < -0.39 is 0 Å². The molecule has 0 unspecified atom stereocenters. The van der Waals surface area contributed by atoms with Crippen molar-refractivity contribution in [2.75, 3.05) is 0 Å². The Morgan fingerprint density at radius 2 is 1.77 bits per heavy atom. The third-order valence-electron chi connectivity index (χ3n) is 3.79. The van der Waals surface area contributed by atoms with Gasteiger partial charge in [0.1, 0.15) is 0 Å². The van der Waals surface area contributed by atoms with Gasteiger partial charge in [0.05, 0.1) is 6.21 Å². The zero-order chi connectivity index (χ0) is 18.2. The molecule has 0 fully saturated rings. The molecule has 0 aromatic heterocycles. The number of hydrogen-bond acceptors (Lipinski definition) is 3. The van der Waals surface area contributed by atoms with E-state index in [1.807, 2.05) is 73.7 Å². The smallest absolute Gasteiger partial charge is 0.267 e. The lowest BCUT2D eigenvalue weighted by Gasteiger charge is -2.04. The van der Waals surface area contributed by atoms with E-state index in [-0.39, 0.29) is 5.91 Å². The topological polar surface area (TPSA) is 41.5 Å². The molecule has 0 bridgehead atoms. The average Bonchev–Trinajstić information content (AvgIpc) is 2.67. The Kier molecular flexibility index (Phi) is 6.23. The van der Waals surface area contributed by atoms with Crippen molar-refractivity contribution < 1.29 is 4.79 Å². The van der Waals surface area contributed by atoms with Gasteiger partial charge >= 0.3 is 0 Å². The number of carbonyl (C=O) groups is 1. The fourth-order valence-electron chi connectivity index (χ4n) is 2.42. The number of hydrogen-bond donors (Lipinski definition) is 1. The second kappa shape index (κ2) is 9.02. The normalized spacial score (nSPS) is 10.8. The van der Waals surface area contributed by atoms with Gasteiger partial charge in [-0.1, -0.05) is 60.2 Å². The lowest BCUT2D eigenvalue weighted by Crippen LogP contribution is -2.17. The molecule has 0 heterocycles. The summed E-state index contributed by atoms with van der Waals surface area (Å²) in [7, 11) is 0. The first kappa shape index (κ1) is 18.0. The van der Waals surface area contributed by atoms with E-state index in [2.05, 4.69) is 22.7 Å². The largest absolute Gasteiger partial charge is 0.271 e. The van der Waals surface area contributed by atoms with E-state index in [4.69, 9.17) is 0 Å². The number of benzene rings is 3. The third kappa shape index (κ3) is 5.33. The second-order valence-corrected chi connectivity index (χ2v) is 6.96. The molecule has 3 rings (SSSR count). The van der Waals surface area contributed by atoms with Crippen molar-refractivity contribution in [1.82, 2.24) is 5.43 Å². The van der Waals surface area contributed by atoms with Crippen LogP contribution in [-0.4, -0.2) is 12.1 Å². The average molecular weight is 360 g/mol. The second-order valence-electron chi connectivity index (χ2n) is 5.91. The molecule has 0 aliphatic rings. The number of amides is 1. The molecule has 3 aromatic rings. The number of carbonyl (C=O) groups excluding carboxylic acids is 1. The van der Waals surface area contributed by atoms with Crippen LogP contribution in [0.5, 0.6) is 0 Å². The summed E-state index contributed by atoms with van der Waals surface area (Å²) in [5.74, 6) is 0.661. The molecule has 3 nitrogen and oxygen atoms in total. The van der Waals surface area contributed by atoms with Crippen LogP contribution in [0.3, 0.4) is 0 Å². The summed E-state index contributed by atoms with van der Waals surface area (Å²) in [5.41, 5.74) is 6.46. The van der Waals surface area contributed by atoms with Crippen molar-refractivity contribution in [1.29, 1.82) is 0 Å². The fraction of sp³-hybridized carbons (Fsp3) is 0.0909. The Labute approximate surface area is 158 Å². The maximum Gasteiger partial charge on any atom is 0.271 e. The van der Waals surface area contributed by atoms with Crippen molar-refractivity contribution in [2.45, 2.75) is 17.6 Å². The van der Waals surface area contributed by atoms with Crippen LogP contribution in [-0.2, 0) is 5.75 Å². The molecule has 0 aliphatic carbocycles. The first-order valence-corrected chi connectivity index (χ1v) is 9.36. The van der Waals surface area contributed by atoms with Crippen molar-refractivity contribution in [3.8, 4) is 0 Å². The summed E-state index contributed by atoms with van der Waals surface area (Å²) >= 11 is 1.78. The van der Waals surface area contributed by atoms with Gasteiger partial charge in [0, 0.05) is 16.2 Å². The molecule has 130 valence electrons. The molecule has 0 saturated carbocycles. The number of hydrazone groups is 1. The monoisotopic (exact) mass is 360 g/mol. The van der Waals surface area contributed by atoms with Gasteiger partial charge in [-0.3, -0.25) is 4.79 Å². The maximum absolute atomic E-state index is 12.2. The third-order valence-corrected chi connectivity index (χ3v) is 4.87. The Morgan fingerprint density at radius 3 is 2.50 bits per heavy atom. The lowest BCUT2D eigenvalue weighted by atomic mass is 10.1. The molecular weight excluding hydrogens is 340 g/mol. The Morgan fingerprint density at radius 1 is 1.00 bits per heavy atom. The predicted molar refractivity (Wildman–Crippen MR) is 109 cm³/mol. The number of nitrogens with one attached hydrogen (secondary N) is 1. The van der Waals surface area contributed by atoms with Crippen LogP contribution in [0.15, 0.2) is 88.9 Å². The predicted octanol–water partition coefficient (Wildman–Crippen LogP) is 5.05. The SMILES string of the molecule is Cc1cccc(/C=N\NC(=O)c2ccc(CSc3ccccc3)cc2)c1. The summed E-state index contributed by atoms with van der Waals surface area (Å²) in [6, 6.07) is 25.8. The number of aryl methyl sites for hydroxylation is 1. The van der Waals surface area contributed by atoms with Crippen molar-refractivity contribution >= 4 is 23.9 Å². The molecule has 0 radical (unpaired) electrons. The molecule has 0 saturated heterocycles. The van der Waals surface area contributed by atoms with Gasteiger partial charge in [0.2, 0.25) is 0 Å². The van der Waals surface area contributed by atoms with Crippen LogP contribution in [0, 0.1) is 6.92 Å². The summed E-state index contributed by atoms with van der Waals surface area (Å²) in [6.45, 7) is 2.02. The van der Waals surface area contributed by atoms with E-state index in [0.29, 0.717) is 5.56 Å². The van der Waals surface area contributed by atoms with E-state index in [1.54, 1.807) is 18.0 Å². The van der Waals surface area contributed by atoms with Crippen LogP contribution in [0.25, 0.3) is 0 Å². The maximum atomic E-state index is 12.2. The van der Waals surface area contributed by atoms with Gasteiger partial charge in [-0.2, -0.15) is 5.10 Å². The Hall–Kier alpha value is -2.85. The van der Waals surface area contributed by atoms with Gasteiger partial charge in [-0.05, 0) is 42.3 Å². The minimum absolute atomic E-state index is 0.212. The van der Waals surface area contributed by atoms with Crippen LogP contribution >= 0.6 is 11.8 Å². The fourth-order valence-corrected chi connectivity index (χ4v) is 3.29. The highest BCUT2D eigenvalue weighted by molar-refractivity contribution is 7.98. The first-order valence-electron chi connectivity index (χ1n) is 8.37. The summed E-state index contributed by atoms with van der Waals surface area (Å²) in [6.07, 6.45) is 1.65. The molecule has 26 heavy (non-hydrogen) atoms. The molecule has 1 N–H and O–H groups in total. The van der Waals surface area contributed by atoms with E-state index in [0.717, 1.165) is 16.9 Å². The highest BCUT2D eigenvalue weighted by Gasteiger charge is 2.04. The lowest BCUT2D eigenvalue weighted by molar-refractivity contribution is 0.0955. The molecule has 0 spiro atoms. The van der Waals surface area contributed by atoms with Crippen molar-refractivity contribution in [3.63, 3.8) is 0 Å². The van der Waals surface area contributed by atoms with Gasteiger partial charge in [0.15, 0.2) is 0 Å². The summed E-state index contributed by atoms with van der Waals surface area (Å²) in [4.78, 5) is 13.4. The van der Waals surface area contributed by atoms with Crippen molar-refractivity contribution in [2.24, 2.45) is 5.10 Å². The number of nitrogens with zero attached hydrogens (tertiary/aromatic N) is 1. The van der Waals surface area contributed by atoms with Gasteiger partial charge < -0.3 is 0 Å². The molecular formula is C22H20N2OS. The van der Waals surface area contributed by atoms with Gasteiger partial charge in [-0.25, -0.2) is 5.43 Å². The minimum Gasteiger partial charge on any atom is -0.267 e. The molecule has 1 amide bonds. The zero-order valence-electron chi connectivity index (χ0n) is 14.6.